The predicted molar refractivity (Wildman–Crippen MR) is 55.9 cm³/mol. The summed E-state index contributed by atoms with van der Waals surface area (Å²) in [5, 5.41) is 25.4. The van der Waals surface area contributed by atoms with Crippen molar-refractivity contribution in [2.45, 2.75) is 6.04 Å². The normalized spacial score (nSPS) is 14.9. The van der Waals surface area contributed by atoms with Crippen LogP contribution in [0.1, 0.15) is 5.56 Å². The summed E-state index contributed by atoms with van der Waals surface area (Å²) in [6, 6.07) is 3.21. The van der Waals surface area contributed by atoms with E-state index >= 15 is 0 Å². The van der Waals surface area contributed by atoms with Crippen LogP contribution in [0.25, 0.3) is 0 Å². The minimum Gasteiger partial charge on any atom is -0.359 e. The quantitative estimate of drug-likeness (QED) is 0.557. The minimum atomic E-state index is -0.539. The zero-order valence-electron chi connectivity index (χ0n) is 8.30. The van der Waals surface area contributed by atoms with Gasteiger partial charge in [-0.2, -0.15) is 5.26 Å². The van der Waals surface area contributed by atoms with Crippen molar-refractivity contribution in [2.24, 2.45) is 0 Å². The summed E-state index contributed by atoms with van der Waals surface area (Å²) >= 11 is 0. The van der Waals surface area contributed by atoms with Crippen molar-refractivity contribution < 1.29 is 4.92 Å². The second kappa shape index (κ2) is 4.12. The third kappa shape index (κ3) is 1.92. The molecule has 2 N–H and O–H groups in total. The molecule has 0 spiro atoms. The molecule has 1 aromatic heterocycles. The summed E-state index contributed by atoms with van der Waals surface area (Å²) in [5.41, 5.74) is 0.0231. The first-order chi connectivity index (χ1) is 7.70. The molecule has 0 amide bonds. The number of anilines is 1. The maximum absolute atomic E-state index is 10.8. The van der Waals surface area contributed by atoms with Gasteiger partial charge < -0.3 is 10.6 Å². The van der Waals surface area contributed by atoms with Crippen LogP contribution in [-0.4, -0.2) is 29.0 Å². The van der Waals surface area contributed by atoms with Crippen LogP contribution in [0.3, 0.4) is 0 Å². The van der Waals surface area contributed by atoms with Crippen molar-refractivity contribution in [3.05, 3.63) is 27.9 Å². The standard InChI is InChI=1S/C9H9N5O2/c10-2-6-1-8(14(15)16)9(12-3-6)13-7-4-11-5-7/h1,3,7,11H,4-5H2,(H,12,13). The van der Waals surface area contributed by atoms with Crippen LogP contribution in [0.4, 0.5) is 11.5 Å². The highest BCUT2D eigenvalue weighted by atomic mass is 16.6. The fourth-order valence-electron chi connectivity index (χ4n) is 1.35. The van der Waals surface area contributed by atoms with E-state index in [-0.39, 0.29) is 23.1 Å². The lowest BCUT2D eigenvalue weighted by molar-refractivity contribution is -0.384. The lowest BCUT2D eigenvalue weighted by Crippen LogP contribution is -2.51. The zero-order valence-corrected chi connectivity index (χ0v) is 8.30. The van der Waals surface area contributed by atoms with Gasteiger partial charge in [-0.15, -0.1) is 0 Å². The summed E-state index contributed by atoms with van der Waals surface area (Å²) in [7, 11) is 0. The number of hydrogen-bond acceptors (Lipinski definition) is 6. The molecule has 1 saturated heterocycles. The molecule has 0 unspecified atom stereocenters. The Morgan fingerprint density at radius 3 is 2.94 bits per heavy atom. The molecule has 1 fully saturated rings. The van der Waals surface area contributed by atoms with Gasteiger partial charge in [0, 0.05) is 25.4 Å². The highest BCUT2D eigenvalue weighted by molar-refractivity contribution is 5.59. The fourth-order valence-corrected chi connectivity index (χ4v) is 1.35. The summed E-state index contributed by atoms with van der Waals surface area (Å²) in [4.78, 5) is 14.1. The van der Waals surface area contributed by atoms with E-state index in [0.29, 0.717) is 0 Å². The predicted octanol–water partition coefficient (Wildman–Crippen LogP) is 0.245. The number of nitrogens with zero attached hydrogens (tertiary/aromatic N) is 3. The first-order valence-electron chi connectivity index (χ1n) is 4.72. The molecule has 1 aliphatic heterocycles. The van der Waals surface area contributed by atoms with E-state index in [4.69, 9.17) is 5.26 Å². The van der Waals surface area contributed by atoms with Gasteiger partial charge in [-0.25, -0.2) is 4.98 Å². The van der Waals surface area contributed by atoms with E-state index in [0.717, 1.165) is 13.1 Å². The van der Waals surface area contributed by atoms with E-state index in [2.05, 4.69) is 15.6 Å². The van der Waals surface area contributed by atoms with Crippen LogP contribution in [0.15, 0.2) is 12.3 Å². The Hall–Kier alpha value is -2.20. The van der Waals surface area contributed by atoms with Crippen LogP contribution in [0.5, 0.6) is 0 Å². The molecule has 0 bridgehead atoms. The van der Waals surface area contributed by atoms with Crippen molar-refractivity contribution in [3.63, 3.8) is 0 Å². The van der Waals surface area contributed by atoms with Crippen LogP contribution in [0, 0.1) is 21.4 Å². The first-order valence-corrected chi connectivity index (χ1v) is 4.72. The van der Waals surface area contributed by atoms with E-state index in [1.807, 2.05) is 6.07 Å². The monoisotopic (exact) mass is 219 g/mol. The van der Waals surface area contributed by atoms with Gasteiger partial charge in [0.25, 0.3) is 0 Å². The molecule has 1 aromatic rings. The fraction of sp³-hybridized carbons (Fsp3) is 0.333. The molecule has 7 nitrogen and oxygen atoms in total. The molecule has 2 rings (SSSR count). The lowest BCUT2D eigenvalue weighted by atomic mass is 10.2. The second-order valence-electron chi connectivity index (χ2n) is 3.46. The Labute approximate surface area is 91.3 Å². The second-order valence-corrected chi connectivity index (χ2v) is 3.46. The summed E-state index contributed by atoms with van der Waals surface area (Å²) in [6.45, 7) is 1.53. The lowest BCUT2D eigenvalue weighted by Gasteiger charge is -2.28. The van der Waals surface area contributed by atoms with Crippen molar-refractivity contribution in [2.75, 3.05) is 18.4 Å². The Morgan fingerprint density at radius 1 is 1.69 bits per heavy atom. The Kier molecular flexibility index (Phi) is 2.66. The van der Waals surface area contributed by atoms with E-state index in [1.165, 1.54) is 12.3 Å². The van der Waals surface area contributed by atoms with Gasteiger partial charge in [0.15, 0.2) is 0 Å². The maximum Gasteiger partial charge on any atom is 0.312 e. The van der Waals surface area contributed by atoms with Crippen molar-refractivity contribution in [3.8, 4) is 6.07 Å². The minimum absolute atomic E-state index is 0.161. The third-order valence-electron chi connectivity index (χ3n) is 2.32. The van der Waals surface area contributed by atoms with Crippen LogP contribution in [0.2, 0.25) is 0 Å². The number of nitro groups is 1. The van der Waals surface area contributed by atoms with Crippen molar-refractivity contribution in [1.82, 2.24) is 10.3 Å². The maximum atomic E-state index is 10.8. The smallest absolute Gasteiger partial charge is 0.312 e. The molecule has 1 aliphatic rings. The molecule has 16 heavy (non-hydrogen) atoms. The van der Waals surface area contributed by atoms with E-state index < -0.39 is 4.92 Å². The molecule has 0 saturated carbocycles. The van der Waals surface area contributed by atoms with Gasteiger partial charge in [0.05, 0.1) is 16.5 Å². The van der Waals surface area contributed by atoms with Crippen LogP contribution < -0.4 is 10.6 Å². The highest BCUT2D eigenvalue weighted by Crippen LogP contribution is 2.23. The molecule has 0 aliphatic carbocycles. The van der Waals surface area contributed by atoms with Gasteiger partial charge >= 0.3 is 5.69 Å². The molecule has 7 heteroatoms. The summed E-state index contributed by atoms with van der Waals surface area (Å²) in [6.07, 6.45) is 1.32. The summed E-state index contributed by atoms with van der Waals surface area (Å²) < 4.78 is 0. The molecular formula is C9H9N5O2. The van der Waals surface area contributed by atoms with Crippen molar-refractivity contribution >= 4 is 11.5 Å². The topological polar surface area (TPSA) is 104 Å². The van der Waals surface area contributed by atoms with E-state index in [9.17, 15) is 10.1 Å². The number of aromatic nitrogens is 1. The SMILES string of the molecule is N#Cc1cnc(NC2CNC2)c([N+](=O)[O-])c1. The summed E-state index contributed by atoms with van der Waals surface area (Å²) in [5.74, 6) is 0.218. The molecule has 82 valence electrons. The Balaban J connectivity index is 2.28. The number of rotatable bonds is 3. The number of hydrogen-bond donors (Lipinski definition) is 2. The third-order valence-corrected chi connectivity index (χ3v) is 2.32. The Bertz CT molecular complexity index is 463. The number of pyridine rings is 1. The average Bonchev–Trinajstić information content (AvgIpc) is 2.23. The van der Waals surface area contributed by atoms with Gasteiger partial charge in [0.1, 0.15) is 6.07 Å². The largest absolute Gasteiger partial charge is 0.359 e. The van der Waals surface area contributed by atoms with E-state index in [1.54, 1.807) is 0 Å². The van der Waals surface area contributed by atoms with Gasteiger partial charge in [-0.05, 0) is 0 Å². The first kappa shape index (κ1) is 10.3. The average molecular weight is 219 g/mol. The zero-order chi connectivity index (χ0) is 11.5. The molecule has 0 aromatic carbocycles. The number of nitrogens with one attached hydrogen (secondary N) is 2. The molecular weight excluding hydrogens is 210 g/mol. The van der Waals surface area contributed by atoms with Crippen LogP contribution in [-0.2, 0) is 0 Å². The van der Waals surface area contributed by atoms with Gasteiger partial charge in [0.2, 0.25) is 5.82 Å². The number of nitriles is 1. The van der Waals surface area contributed by atoms with Crippen LogP contribution >= 0.6 is 0 Å². The highest BCUT2D eigenvalue weighted by Gasteiger charge is 2.22. The van der Waals surface area contributed by atoms with Crippen molar-refractivity contribution in [1.29, 1.82) is 5.26 Å². The molecule has 0 radical (unpaired) electrons. The Morgan fingerprint density at radius 2 is 2.44 bits per heavy atom. The molecule has 0 atom stereocenters. The van der Waals surface area contributed by atoms with Gasteiger partial charge in [-0.1, -0.05) is 0 Å². The van der Waals surface area contributed by atoms with Gasteiger partial charge in [-0.3, -0.25) is 10.1 Å². The molecule has 2 heterocycles.